The molecule has 0 unspecified atom stereocenters. The van der Waals surface area contributed by atoms with Crippen LogP contribution in [0.5, 0.6) is 0 Å². The standard InChI is InChI=1S/C13H24O2/c1-2-3-4-5-8-11-15-13(14)12-9-6-7-10-12/h12H,2-11H2,1H3. The molecule has 1 fully saturated rings. The number of esters is 1. The van der Waals surface area contributed by atoms with Crippen LogP contribution in [0.3, 0.4) is 0 Å². The summed E-state index contributed by atoms with van der Waals surface area (Å²) in [7, 11) is 0. The molecular weight excluding hydrogens is 188 g/mol. The summed E-state index contributed by atoms with van der Waals surface area (Å²) < 4.78 is 5.27. The van der Waals surface area contributed by atoms with Crippen molar-refractivity contribution in [1.29, 1.82) is 0 Å². The zero-order valence-corrected chi connectivity index (χ0v) is 9.96. The molecule has 0 aliphatic heterocycles. The molecule has 0 aromatic heterocycles. The fourth-order valence-electron chi connectivity index (χ4n) is 2.16. The van der Waals surface area contributed by atoms with Gasteiger partial charge in [-0.3, -0.25) is 4.79 Å². The monoisotopic (exact) mass is 212 g/mol. The van der Waals surface area contributed by atoms with Gasteiger partial charge in [0.25, 0.3) is 0 Å². The van der Waals surface area contributed by atoms with E-state index in [4.69, 9.17) is 4.74 Å². The minimum atomic E-state index is 0.0583. The van der Waals surface area contributed by atoms with E-state index in [0.29, 0.717) is 6.61 Å². The van der Waals surface area contributed by atoms with Gasteiger partial charge < -0.3 is 4.74 Å². The minimum absolute atomic E-state index is 0.0583. The Balaban J connectivity index is 1.92. The zero-order valence-electron chi connectivity index (χ0n) is 9.96. The van der Waals surface area contributed by atoms with Crippen molar-refractivity contribution in [3.63, 3.8) is 0 Å². The molecule has 2 nitrogen and oxygen atoms in total. The molecule has 2 heteroatoms. The fraction of sp³-hybridized carbons (Fsp3) is 0.923. The fourth-order valence-corrected chi connectivity index (χ4v) is 2.16. The maximum atomic E-state index is 11.5. The molecule has 0 spiro atoms. The van der Waals surface area contributed by atoms with Gasteiger partial charge in [-0.15, -0.1) is 0 Å². The first-order valence-corrected chi connectivity index (χ1v) is 6.51. The molecule has 0 amide bonds. The third-order valence-corrected chi connectivity index (χ3v) is 3.18. The summed E-state index contributed by atoms with van der Waals surface area (Å²) in [5.74, 6) is 0.281. The molecule has 1 aliphatic rings. The first-order valence-electron chi connectivity index (χ1n) is 6.51. The van der Waals surface area contributed by atoms with Crippen LogP contribution in [0.4, 0.5) is 0 Å². The Morgan fingerprint density at radius 1 is 1.13 bits per heavy atom. The first-order chi connectivity index (χ1) is 7.34. The van der Waals surface area contributed by atoms with Crippen molar-refractivity contribution < 1.29 is 9.53 Å². The molecular formula is C13H24O2. The molecule has 0 radical (unpaired) electrons. The number of ether oxygens (including phenoxy) is 1. The van der Waals surface area contributed by atoms with Crippen LogP contribution in [0.2, 0.25) is 0 Å². The van der Waals surface area contributed by atoms with E-state index in [1.54, 1.807) is 0 Å². The van der Waals surface area contributed by atoms with Gasteiger partial charge in [0.2, 0.25) is 0 Å². The Hall–Kier alpha value is -0.530. The van der Waals surface area contributed by atoms with Crippen molar-refractivity contribution in [3.8, 4) is 0 Å². The molecule has 15 heavy (non-hydrogen) atoms. The Morgan fingerprint density at radius 2 is 1.80 bits per heavy atom. The molecule has 0 atom stereocenters. The molecule has 0 heterocycles. The first kappa shape index (κ1) is 12.5. The number of hydrogen-bond donors (Lipinski definition) is 0. The molecule has 0 bridgehead atoms. The lowest BCUT2D eigenvalue weighted by Gasteiger charge is -2.09. The van der Waals surface area contributed by atoms with Gasteiger partial charge in [-0.2, -0.15) is 0 Å². The van der Waals surface area contributed by atoms with Crippen molar-refractivity contribution in [3.05, 3.63) is 0 Å². The van der Waals surface area contributed by atoms with Crippen LogP contribution in [0.15, 0.2) is 0 Å². The minimum Gasteiger partial charge on any atom is -0.465 e. The van der Waals surface area contributed by atoms with Gasteiger partial charge in [0, 0.05) is 0 Å². The highest BCUT2D eigenvalue weighted by Crippen LogP contribution is 2.25. The lowest BCUT2D eigenvalue weighted by Crippen LogP contribution is -2.15. The molecule has 1 aliphatic carbocycles. The van der Waals surface area contributed by atoms with E-state index in [1.807, 2.05) is 0 Å². The number of unbranched alkanes of at least 4 members (excludes halogenated alkanes) is 4. The average molecular weight is 212 g/mol. The summed E-state index contributed by atoms with van der Waals surface area (Å²) in [4.78, 5) is 11.5. The van der Waals surface area contributed by atoms with Crippen LogP contribution in [-0.2, 0) is 9.53 Å². The summed E-state index contributed by atoms with van der Waals surface area (Å²) >= 11 is 0. The van der Waals surface area contributed by atoms with Crippen molar-refractivity contribution in [1.82, 2.24) is 0 Å². The third kappa shape index (κ3) is 5.19. The van der Waals surface area contributed by atoms with Gasteiger partial charge in [-0.1, -0.05) is 45.4 Å². The van der Waals surface area contributed by atoms with Crippen LogP contribution in [0.25, 0.3) is 0 Å². The van der Waals surface area contributed by atoms with Gasteiger partial charge in [-0.25, -0.2) is 0 Å². The smallest absolute Gasteiger partial charge is 0.308 e. The maximum Gasteiger partial charge on any atom is 0.308 e. The van der Waals surface area contributed by atoms with E-state index in [1.165, 1.54) is 38.5 Å². The highest BCUT2D eigenvalue weighted by molar-refractivity contribution is 5.72. The van der Waals surface area contributed by atoms with E-state index in [9.17, 15) is 4.79 Å². The predicted molar refractivity (Wildman–Crippen MR) is 61.7 cm³/mol. The zero-order chi connectivity index (χ0) is 10.9. The summed E-state index contributed by atoms with van der Waals surface area (Å²) in [6.45, 7) is 2.85. The number of rotatable bonds is 7. The summed E-state index contributed by atoms with van der Waals surface area (Å²) in [5.41, 5.74) is 0. The second-order valence-corrected chi connectivity index (χ2v) is 4.56. The Kier molecular flexibility index (Phi) is 6.45. The van der Waals surface area contributed by atoms with Gasteiger partial charge in [0.15, 0.2) is 0 Å². The van der Waals surface area contributed by atoms with E-state index < -0.39 is 0 Å². The van der Waals surface area contributed by atoms with E-state index in [-0.39, 0.29) is 11.9 Å². The topological polar surface area (TPSA) is 26.3 Å². The van der Waals surface area contributed by atoms with E-state index >= 15 is 0 Å². The normalized spacial score (nSPS) is 16.9. The summed E-state index contributed by atoms with van der Waals surface area (Å²) in [5, 5.41) is 0. The average Bonchev–Trinajstić information content (AvgIpc) is 2.76. The molecule has 0 saturated heterocycles. The van der Waals surface area contributed by atoms with Crippen LogP contribution in [0, 0.1) is 5.92 Å². The van der Waals surface area contributed by atoms with Gasteiger partial charge in [0.05, 0.1) is 12.5 Å². The summed E-state index contributed by atoms with van der Waals surface area (Å²) in [6, 6.07) is 0. The second-order valence-electron chi connectivity index (χ2n) is 4.56. The number of carbonyl (C=O) groups is 1. The van der Waals surface area contributed by atoms with E-state index in [0.717, 1.165) is 19.3 Å². The van der Waals surface area contributed by atoms with Crippen LogP contribution >= 0.6 is 0 Å². The Bertz CT molecular complexity index is 171. The molecule has 1 rings (SSSR count). The lowest BCUT2D eigenvalue weighted by atomic mass is 10.1. The van der Waals surface area contributed by atoms with Gasteiger partial charge >= 0.3 is 5.97 Å². The van der Waals surface area contributed by atoms with Gasteiger partial charge in [0.1, 0.15) is 0 Å². The SMILES string of the molecule is CCCCCCCOC(=O)C1CCCC1. The van der Waals surface area contributed by atoms with Crippen molar-refractivity contribution in [2.75, 3.05) is 6.61 Å². The maximum absolute atomic E-state index is 11.5. The lowest BCUT2D eigenvalue weighted by molar-refractivity contribution is -0.148. The molecule has 0 aromatic carbocycles. The molecule has 0 N–H and O–H groups in total. The highest BCUT2D eigenvalue weighted by atomic mass is 16.5. The molecule has 88 valence electrons. The van der Waals surface area contributed by atoms with Gasteiger partial charge in [-0.05, 0) is 19.3 Å². The molecule has 0 aromatic rings. The van der Waals surface area contributed by atoms with Crippen LogP contribution in [-0.4, -0.2) is 12.6 Å². The third-order valence-electron chi connectivity index (χ3n) is 3.18. The predicted octanol–water partition coefficient (Wildman–Crippen LogP) is 3.69. The van der Waals surface area contributed by atoms with Crippen molar-refractivity contribution in [2.45, 2.75) is 64.7 Å². The van der Waals surface area contributed by atoms with Crippen LogP contribution in [0.1, 0.15) is 64.7 Å². The Labute approximate surface area is 93.4 Å². The Morgan fingerprint density at radius 3 is 2.47 bits per heavy atom. The molecule has 1 saturated carbocycles. The van der Waals surface area contributed by atoms with Crippen LogP contribution < -0.4 is 0 Å². The number of carbonyl (C=O) groups excluding carboxylic acids is 1. The van der Waals surface area contributed by atoms with Crippen molar-refractivity contribution in [2.24, 2.45) is 5.92 Å². The van der Waals surface area contributed by atoms with Crippen molar-refractivity contribution >= 4 is 5.97 Å². The quantitative estimate of drug-likeness (QED) is 0.475. The highest BCUT2D eigenvalue weighted by Gasteiger charge is 2.23. The number of hydrogen-bond acceptors (Lipinski definition) is 2. The second kappa shape index (κ2) is 7.72. The largest absolute Gasteiger partial charge is 0.465 e. The van der Waals surface area contributed by atoms with E-state index in [2.05, 4.69) is 6.92 Å². The summed E-state index contributed by atoms with van der Waals surface area (Å²) in [6.07, 6.45) is 10.6.